The molecule has 0 spiro atoms. The van der Waals surface area contributed by atoms with Crippen molar-refractivity contribution in [1.82, 2.24) is 14.5 Å². The number of para-hydroxylation sites is 1. The third-order valence-corrected chi connectivity index (χ3v) is 7.33. The van der Waals surface area contributed by atoms with Gasteiger partial charge in [-0.05, 0) is 31.2 Å². The number of rotatable bonds is 7. The van der Waals surface area contributed by atoms with Gasteiger partial charge in [0.15, 0.2) is 10.3 Å². The monoisotopic (exact) mass is 516 g/mol. The molecule has 0 aliphatic rings. The fourth-order valence-corrected chi connectivity index (χ4v) is 5.00. The number of thiazole rings is 1. The summed E-state index contributed by atoms with van der Waals surface area (Å²) in [4.78, 5) is 34.8. The first-order chi connectivity index (χ1) is 15.9. The fourth-order valence-electron chi connectivity index (χ4n) is 3.07. The normalized spacial score (nSPS) is 12.0. The van der Waals surface area contributed by atoms with Crippen molar-refractivity contribution in [2.24, 2.45) is 0 Å². The van der Waals surface area contributed by atoms with Crippen molar-refractivity contribution in [3.63, 3.8) is 0 Å². The highest BCUT2D eigenvalue weighted by Crippen LogP contribution is 2.31. The van der Waals surface area contributed by atoms with Gasteiger partial charge in [-0.2, -0.15) is 0 Å². The average Bonchev–Trinajstić information content (AvgIpc) is 3.26. The van der Waals surface area contributed by atoms with E-state index < -0.39 is 5.25 Å². The standard InChI is InChI=1S/C23H18Cl2N4O2S2/c1-3-10-29-21(31)15-6-4-5-7-18(15)27-23(29)33-13(2)20(30)28-22-26-19(12-32-22)14-8-9-16(24)17(25)11-14/h3-9,11-13H,1,10H2,2H3,(H,26,28,30)/t13-/m0/s1. The maximum absolute atomic E-state index is 12.9. The molecule has 4 aromatic rings. The molecule has 168 valence electrons. The number of hydrogen-bond acceptors (Lipinski definition) is 6. The van der Waals surface area contributed by atoms with Gasteiger partial charge in [0.05, 0.1) is 31.9 Å². The predicted octanol–water partition coefficient (Wildman–Crippen LogP) is 6.13. The van der Waals surface area contributed by atoms with E-state index in [0.29, 0.717) is 43.5 Å². The highest BCUT2D eigenvalue weighted by Gasteiger charge is 2.20. The smallest absolute Gasteiger partial charge is 0.262 e. The third-order valence-electron chi connectivity index (χ3n) is 4.74. The molecule has 4 rings (SSSR count). The van der Waals surface area contributed by atoms with Crippen LogP contribution in [0.2, 0.25) is 10.0 Å². The number of amides is 1. The molecule has 6 nitrogen and oxygen atoms in total. The second-order valence-electron chi connectivity index (χ2n) is 7.03. The SMILES string of the molecule is C=CCn1c(S[C@@H](C)C(=O)Nc2nc(-c3ccc(Cl)c(Cl)c3)cs2)nc2ccccc2c1=O. The molecular weight excluding hydrogens is 499 g/mol. The summed E-state index contributed by atoms with van der Waals surface area (Å²) in [5.41, 5.74) is 1.91. The minimum absolute atomic E-state index is 0.165. The molecule has 1 amide bonds. The molecule has 10 heteroatoms. The van der Waals surface area contributed by atoms with Gasteiger partial charge in [0.1, 0.15) is 0 Å². The first kappa shape index (κ1) is 23.5. The number of benzene rings is 2. The molecule has 0 aliphatic heterocycles. The van der Waals surface area contributed by atoms with Crippen molar-refractivity contribution in [3.05, 3.63) is 80.9 Å². The largest absolute Gasteiger partial charge is 0.301 e. The summed E-state index contributed by atoms with van der Waals surface area (Å²) in [6.07, 6.45) is 1.63. The zero-order valence-corrected chi connectivity index (χ0v) is 20.6. The van der Waals surface area contributed by atoms with Gasteiger partial charge in [-0.25, -0.2) is 9.97 Å². The molecule has 33 heavy (non-hydrogen) atoms. The maximum atomic E-state index is 12.9. The van der Waals surface area contributed by atoms with E-state index in [0.717, 1.165) is 5.56 Å². The number of aromatic nitrogens is 3. The molecule has 0 saturated heterocycles. The number of hydrogen-bond donors (Lipinski definition) is 1. The number of thioether (sulfide) groups is 1. The second kappa shape index (κ2) is 10.1. The molecule has 0 radical (unpaired) electrons. The summed E-state index contributed by atoms with van der Waals surface area (Å²) in [7, 11) is 0. The predicted molar refractivity (Wildman–Crippen MR) is 138 cm³/mol. The van der Waals surface area contributed by atoms with Crippen molar-refractivity contribution < 1.29 is 4.79 Å². The Labute approximate surface area is 208 Å². The van der Waals surface area contributed by atoms with Crippen molar-refractivity contribution in [1.29, 1.82) is 0 Å². The number of anilines is 1. The Morgan fingerprint density at radius 1 is 1.24 bits per heavy atom. The zero-order valence-electron chi connectivity index (χ0n) is 17.4. The highest BCUT2D eigenvalue weighted by atomic mass is 35.5. The summed E-state index contributed by atoms with van der Waals surface area (Å²) in [6, 6.07) is 12.4. The van der Waals surface area contributed by atoms with Crippen LogP contribution in [0.3, 0.4) is 0 Å². The van der Waals surface area contributed by atoms with E-state index in [-0.39, 0.29) is 11.5 Å². The zero-order chi connectivity index (χ0) is 23.5. The Morgan fingerprint density at radius 3 is 2.79 bits per heavy atom. The van der Waals surface area contributed by atoms with E-state index in [1.807, 2.05) is 17.5 Å². The lowest BCUT2D eigenvalue weighted by atomic mass is 10.2. The van der Waals surface area contributed by atoms with Crippen molar-refractivity contribution >= 4 is 68.2 Å². The van der Waals surface area contributed by atoms with Crippen LogP contribution in [0, 0.1) is 0 Å². The first-order valence-corrected chi connectivity index (χ1v) is 12.4. The van der Waals surface area contributed by atoms with Gasteiger partial charge in [0.25, 0.3) is 5.56 Å². The molecule has 1 atom stereocenters. The Balaban J connectivity index is 1.53. The number of halogens is 2. The van der Waals surface area contributed by atoms with E-state index in [2.05, 4.69) is 21.9 Å². The number of carbonyl (C=O) groups is 1. The lowest BCUT2D eigenvalue weighted by Crippen LogP contribution is -2.26. The Morgan fingerprint density at radius 2 is 2.03 bits per heavy atom. The van der Waals surface area contributed by atoms with Crippen LogP contribution in [0.5, 0.6) is 0 Å². The van der Waals surface area contributed by atoms with Gasteiger partial charge < -0.3 is 5.32 Å². The van der Waals surface area contributed by atoms with Gasteiger partial charge in [-0.1, -0.05) is 59.2 Å². The molecule has 2 heterocycles. The molecule has 2 aromatic carbocycles. The van der Waals surface area contributed by atoms with E-state index in [9.17, 15) is 9.59 Å². The van der Waals surface area contributed by atoms with Crippen molar-refractivity contribution in [2.75, 3.05) is 5.32 Å². The van der Waals surface area contributed by atoms with Gasteiger partial charge in [-0.3, -0.25) is 14.2 Å². The van der Waals surface area contributed by atoms with Crippen molar-refractivity contribution in [3.8, 4) is 11.3 Å². The van der Waals surface area contributed by atoms with Crippen LogP contribution in [0.4, 0.5) is 5.13 Å². The summed E-state index contributed by atoms with van der Waals surface area (Å²) in [5, 5.41) is 6.49. The highest BCUT2D eigenvalue weighted by molar-refractivity contribution is 8.00. The molecule has 0 unspecified atom stereocenters. The number of nitrogens with zero attached hydrogens (tertiary/aromatic N) is 3. The van der Waals surface area contributed by atoms with E-state index in [1.54, 1.807) is 43.3 Å². The fraction of sp³-hybridized carbons (Fsp3) is 0.130. The summed E-state index contributed by atoms with van der Waals surface area (Å²) in [6.45, 7) is 5.78. The van der Waals surface area contributed by atoms with E-state index in [4.69, 9.17) is 23.2 Å². The summed E-state index contributed by atoms with van der Waals surface area (Å²) in [5.74, 6) is -0.248. The number of nitrogens with one attached hydrogen (secondary N) is 1. The second-order valence-corrected chi connectivity index (χ2v) is 10.0. The number of fused-ring (bicyclic) bond motifs is 1. The minimum atomic E-state index is -0.522. The number of carbonyl (C=O) groups excluding carboxylic acids is 1. The van der Waals surface area contributed by atoms with E-state index in [1.165, 1.54) is 27.7 Å². The molecule has 0 fully saturated rings. The molecule has 1 N–H and O–H groups in total. The Kier molecular flexibility index (Phi) is 7.19. The van der Waals surface area contributed by atoms with Crippen LogP contribution < -0.4 is 10.9 Å². The lowest BCUT2D eigenvalue weighted by molar-refractivity contribution is -0.115. The lowest BCUT2D eigenvalue weighted by Gasteiger charge is -2.15. The maximum Gasteiger partial charge on any atom is 0.262 e. The van der Waals surface area contributed by atoms with Gasteiger partial charge >= 0.3 is 0 Å². The van der Waals surface area contributed by atoms with Gasteiger partial charge in [0.2, 0.25) is 5.91 Å². The first-order valence-electron chi connectivity index (χ1n) is 9.86. The van der Waals surface area contributed by atoms with E-state index >= 15 is 0 Å². The number of allylic oxidation sites excluding steroid dienone is 1. The molecule has 0 saturated carbocycles. The van der Waals surface area contributed by atoms with Crippen LogP contribution >= 0.6 is 46.3 Å². The Hall–Kier alpha value is -2.65. The summed E-state index contributed by atoms with van der Waals surface area (Å²) >= 11 is 14.6. The average molecular weight is 517 g/mol. The molecular formula is C23H18Cl2N4O2S2. The Bertz CT molecular complexity index is 1420. The third kappa shape index (κ3) is 5.14. The molecule has 2 aromatic heterocycles. The van der Waals surface area contributed by atoms with Crippen LogP contribution in [-0.4, -0.2) is 25.7 Å². The summed E-state index contributed by atoms with van der Waals surface area (Å²) < 4.78 is 1.52. The van der Waals surface area contributed by atoms with Crippen LogP contribution in [0.15, 0.2) is 70.5 Å². The van der Waals surface area contributed by atoms with Gasteiger partial charge in [0, 0.05) is 17.5 Å². The van der Waals surface area contributed by atoms with Crippen LogP contribution in [0.25, 0.3) is 22.2 Å². The van der Waals surface area contributed by atoms with Crippen LogP contribution in [-0.2, 0) is 11.3 Å². The quantitative estimate of drug-likeness (QED) is 0.181. The molecule has 0 bridgehead atoms. The van der Waals surface area contributed by atoms with Gasteiger partial charge in [-0.15, -0.1) is 17.9 Å². The van der Waals surface area contributed by atoms with Crippen molar-refractivity contribution in [2.45, 2.75) is 23.9 Å². The molecule has 0 aliphatic carbocycles. The topological polar surface area (TPSA) is 76.9 Å². The minimum Gasteiger partial charge on any atom is -0.301 e. The van der Waals surface area contributed by atoms with Crippen LogP contribution in [0.1, 0.15) is 6.92 Å².